The van der Waals surface area contributed by atoms with Crippen LogP contribution in [0.25, 0.3) is 0 Å². The molecule has 0 aromatic carbocycles. The summed E-state index contributed by atoms with van der Waals surface area (Å²) in [5, 5.41) is 0. The molecule has 0 aromatic rings. The van der Waals surface area contributed by atoms with Crippen LogP contribution in [0, 0.1) is 13.8 Å². The van der Waals surface area contributed by atoms with Crippen LogP contribution in [-0.4, -0.2) is 0 Å². The quantitative estimate of drug-likeness (QED) is 0.106. The Morgan fingerprint density at radius 1 is 0.333 bits per heavy atom. The molecule has 0 radical (unpaired) electrons. The van der Waals surface area contributed by atoms with E-state index >= 15 is 0 Å². The summed E-state index contributed by atoms with van der Waals surface area (Å²) in [7, 11) is 0. The summed E-state index contributed by atoms with van der Waals surface area (Å²) in [5.74, 6) is 0. The smallest absolute Gasteiger partial charge is 0.343 e. The predicted octanol–water partition coefficient (Wildman–Crippen LogP) is 10.3. The van der Waals surface area contributed by atoms with Gasteiger partial charge in [-0.05, 0) is 0 Å². The van der Waals surface area contributed by atoms with Crippen LogP contribution in [0.5, 0.6) is 0 Å². The molecule has 0 N–H and O–H groups in total. The molecular formula is C26H54Ti. The molecule has 0 unspecified atom stereocenters. The minimum atomic E-state index is 0. The molecule has 0 atom stereocenters. The van der Waals surface area contributed by atoms with Crippen molar-refractivity contribution in [1.82, 2.24) is 0 Å². The molecule has 0 amide bonds. The van der Waals surface area contributed by atoms with E-state index in [4.69, 9.17) is 0 Å². The van der Waals surface area contributed by atoms with Gasteiger partial charge in [0.1, 0.15) is 0 Å². The average Bonchev–Trinajstić information content (AvgIpc) is 2.66. The van der Waals surface area contributed by atoms with Gasteiger partial charge in [-0.3, -0.25) is 0 Å². The molecule has 0 aliphatic carbocycles. The van der Waals surface area contributed by atoms with Gasteiger partial charge in [0.15, 0.2) is 0 Å². The van der Waals surface area contributed by atoms with Crippen LogP contribution in [0.4, 0.5) is 0 Å². The fraction of sp³-hybridized carbons (Fsp3) is 0.923. The van der Waals surface area contributed by atoms with Crippen molar-refractivity contribution in [3.63, 3.8) is 0 Å². The number of hydrogen-bond donors (Lipinski definition) is 0. The standard InChI is InChI=1S/2C13H27.Ti/c2*1-3-5-7-9-11-13-12-10-8-6-4-2;/h2*1,3-13H2,2H3;/q2*-1;+2. The number of rotatable bonds is 20. The molecular weight excluding hydrogens is 360 g/mol. The third kappa shape index (κ3) is 38.0. The Labute approximate surface area is 190 Å². The number of unbranched alkanes of at least 4 members (excludes halogenated alkanes) is 20. The normalized spacial score (nSPS) is 10.2. The first kappa shape index (κ1) is 32.4. The molecule has 0 aromatic heterocycles. The second-order valence-electron chi connectivity index (χ2n) is 8.07. The summed E-state index contributed by atoms with van der Waals surface area (Å²) in [4.78, 5) is 0. The minimum absolute atomic E-state index is 0. The van der Waals surface area contributed by atoms with Crippen molar-refractivity contribution in [3.8, 4) is 0 Å². The van der Waals surface area contributed by atoms with Gasteiger partial charge in [0, 0.05) is 0 Å². The summed E-state index contributed by atoms with van der Waals surface area (Å²) in [6.45, 7) is 12.3. The molecule has 0 fully saturated rings. The second kappa shape index (κ2) is 34.2. The first-order valence-corrected chi connectivity index (χ1v) is 12.4. The maximum atomic E-state index is 3.85. The van der Waals surface area contributed by atoms with Gasteiger partial charge in [-0.2, -0.15) is 12.8 Å². The van der Waals surface area contributed by atoms with Crippen molar-refractivity contribution in [2.45, 2.75) is 155 Å². The van der Waals surface area contributed by atoms with Crippen molar-refractivity contribution in [2.24, 2.45) is 0 Å². The molecule has 27 heavy (non-hydrogen) atoms. The SMILES string of the molecule is [CH2-]CCCCCCCCCCCC.[CH2-]CCCCCCCCCCCC.[Ti+2]. The van der Waals surface area contributed by atoms with Crippen molar-refractivity contribution >= 4 is 0 Å². The van der Waals surface area contributed by atoms with E-state index in [0.717, 1.165) is 12.8 Å². The molecule has 0 saturated heterocycles. The maximum absolute atomic E-state index is 3.85. The van der Waals surface area contributed by atoms with Gasteiger partial charge in [0.2, 0.25) is 0 Å². The Balaban J connectivity index is -0.000000411. The van der Waals surface area contributed by atoms with Crippen LogP contribution in [0.2, 0.25) is 0 Å². The Morgan fingerprint density at radius 3 is 0.704 bits per heavy atom. The summed E-state index contributed by atoms with van der Waals surface area (Å²) in [6.07, 6.45) is 30.7. The van der Waals surface area contributed by atoms with E-state index in [1.165, 1.54) is 128 Å². The van der Waals surface area contributed by atoms with E-state index in [1.807, 2.05) is 0 Å². The van der Waals surface area contributed by atoms with Crippen LogP contribution < -0.4 is 0 Å². The molecule has 0 bridgehead atoms. The molecule has 1 heteroatoms. The zero-order valence-electron chi connectivity index (χ0n) is 19.5. The van der Waals surface area contributed by atoms with Gasteiger partial charge in [0.05, 0.1) is 0 Å². The van der Waals surface area contributed by atoms with Gasteiger partial charge in [0.25, 0.3) is 0 Å². The Kier molecular flexibility index (Phi) is 41.1. The molecule has 0 rings (SSSR count). The van der Waals surface area contributed by atoms with Gasteiger partial charge < -0.3 is 13.8 Å². The molecule has 0 aliphatic heterocycles. The van der Waals surface area contributed by atoms with Gasteiger partial charge in [-0.1, -0.05) is 142 Å². The van der Waals surface area contributed by atoms with E-state index in [-0.39, 0.29) is 21.7 Å². The molecule has 0 aliphatic rings. The minimum Gasteiger partial charge on any atom is -0.343 e. The summed E-state index contributed by atoms with van der Waals surface area (Å²) >= 11 is 0. The molecule has 0 heterocycles. The molecule has 0 spiro atoms. The third-order valence-electron chi connectivity index (χ3n) is 5.21. The van der Waals surface area contributed by atoms with Crippen molar-refractivity contribution in [3.05, 3.63) is 13.8 Å². The van der Waals surface area contributed by atoms with Gasteiger partial charge >= 0.3 is 21.7 Å². The predicted molar refractivity (Wildman–Crippen MR) is 124 cm³/mol. The molecule has 0 nitrogen and oxygen atoms in total. The molecule has 0 saturated carbocycles. The topological polar surface area (TPSA) is 0 Å². The van der Waals surface area contributed by atoms with Crippen LogP contribution in [0.15, 0.2) is 0 Å². The first-order chi connectivity index (χ1) is 12.8. The fourth-order valence-corrected chi connectivity index (χ4v) is 3.33. The summed E-state index contributed by atoms with van der Waals surface area (Å²) in [6, 6.07) is 0. The monoisotopic (exact) mass is 414 g/mol. The summed E-state index contributed by atoms with van der Waals surface area (Å²) < 4.78 is 0. The zero-order chi connectivity index (χ0) is 19.6. The Morgan fingerprint density at radius 2 is 0.519 bits per heavy atom. The Hall–Kier alpha value is 0.714. The first-order valence-electron chi connectivity index (χ1n) is 12.4. The van der Waals surface area contributed by atoms with Gasteiger partial charge in [-0.25, -0.2) is 0 Å². The summed E-state index contributed by atoms with van der Waals surface area (Å²) in [5.41, 5.74) is 0. The van der Waals surface area contributed by atoms with Crippen molar-refractivity contribution < 1.29 is 21.7 Å². The van der Waals surface area contributed by atoms with Crippen LogP contribution in [0.1, 0.15) is 155 Å². The van der Waals surface area contributed by atoms with Crippen LogP contribution in [-0.2, 0) is 21.7 Å². The molecule has 162 valence electrons. The second-order valence-corrected chi connectivity index (χ2v) is 8.07. The van der Waals surface area contributed by atoms with E-state index in [9.17, 15) is 0 Å². The van der Waals surface area contributed by atoms with E-state index in [1.54, 1.807) is 0 Å². The van der Waals surface area contributed by atoms with E-state index < -0.39 is 0 Å². The Bertz CT molecular complexity index is 160. The van der Waals surface area contributed by atoms with E-state index in [2.05, 4.69) is 27.7 Å². The number of hydrogen-bond acceptors (Lipinski definition) is 0. The van der Waals surface area contributed by atoms with Crippen LogP contribution in [0.3, 0.4) is 0 Å². The van der Waals surface area contributed by atoms with Crippen molar-refractivity contribution in [1.29, 1.82) is 0 Å². The third-order valence-corrected chi connectivity index (χ3v) is 5.21. The van der Waals surface area contributed by atoms with Crippen molar-refractivity contribution in [2.75, 3.05) is 0 Å². The largest absolute Gasteiger partial charge is 2.00 e. The average molecular weight is 415 g/mol. The fourth-order valence-electron chi connectivity index (χ4n) is 3.33. The van der Waals surface area contributed by atoms with Gasteiger partial charge in [-0.15, -0.1) is 0 Å². The van der Waals surface area contributed by atoms with E-state index in [0.29, 0.717) is 0 Å². The van der Waals surface area contributed by atoms with Crippen LogP contribution >= 0.6 is 0 Å². The zero-order valence-corrected chi connectivity index (χ0v) is 21.0. The maximum Gasteiger partial charge on any atom is 2.00 e.